The van der Waals surface area contributed by atoms with Crippen LogP contribution in [0.1, 0.15) is 18.4 Å². The van der Waals surface area contributed by atoms with Crippen LogP contribution < -0.4 is 5.32 Å². The van der Waals surface area contributed by atoms with Gasteiger partial charge in [-0.05, 0) is 6.26 Å². The van der Waals surface area contributed by atoms with Crippen LogP contribution in [0.15, 0.2) is 36.0 Å². The number of hydroxylamine groups is 2. The van der Waals surface area contributed by atoms with Crippen LogP contribution in [0.4, 0.5) is 0 Å². The lowest BCUT2D eigenvalue weighted by atomic mass is 10.1. The number of benzene rings is 1. The van der Waals surface area contributed by atoms with Gasteiger partial charge in [0, 0.05) is 24.2 Å². The van der Waals surface area contributed by atoms with Gasteiger partial charge in [-0.2, -0.15) is 11.8 Å². The first-order valence-corrected chi connectivity index (χ1v) is 8.84. The number of hydrogen-bond donors (Lipinski definition) is 1. The second-order valence-electron chi connectivity index (χ2n) is 5.14. The summed E-state index contributed by atoms with van der Waals surface area (Å²) < 4.78 is 0. The number of carbonyl (C=O) groups excluding carboxylic acids is 4. The molecule has 0 aromatic heterocycles. The monoisotopic (exact) mass is 360 g/mol. The van der Waals surface area contributed by atoms with Crippen LogP contribution in [0.25, 0.3) is 5.70 Å². The van der Waals surface area contributed by atoms with Gasteiger partial charge in [-0.25, -0.2) is 14.4 Å². The Kier molecular flexibility index (Phi) is 6.60. The molecule has 8 heteroatoms. The van der Waals surface area contributed by atoms with Gasteiger partial charge in [-0.15, -0.1) is 5.06 Å². The molecule has 1 aromatic rings. The highest BCUT2D eigenvalue weighted by atomic mass is 32.2. The second kappa shape index (κ2) is 8.89. The van der Waals surface area contributed by atoms with E-state index in [2.05, 4.69) is 5.32 Å². The Hall–Kier alpha value is -2.79. The van der Waals surface area contributed by atoms with Crippen LogP contribution in [-0.4, -0.2) is 46.9 Å². The van der Waals surface area contributed by atoms with Gasteiger partial charge in [0.05, 0.1) is 0 Å². The van der Waals surface area contributed by atoms with Gasteiger partial charge in [-0.3, -0.25) is 4.79 Å². The lowest BCUT2D eigenvalue weighted by Gasteiger charge is -2.21. The van der Waals surface area contributed by atoms with Gasteiger partial charge >= 0.3 is 5.97 Å². The maximum Gasteiger partial charge on any atom is 0.355 e. The fraction of sp³-hybridized carbons (Fsp3) is 0.294. The van der Waals surface area contributed by atoms with Crippen LogP contribution in [-0.2, 0) is 24.0 Å². The van der Waals surface area contributed by atoms with Gasteiger partial charge in [0.1, 0.15) is 23.4 Å². The van der Waals surface area contributed by atoms with Crippen molar-refractivity contribution in [3.8, 4) is 0 Å². The number of nitrogens with one attached hydrogen (secondary N) is 1. The molecule has 1 aliphatic rings. The van der Waals surface area contributed by atoms with E-state index in [1.54, 1.807) is 48.5 Å². The normalized spacial score (nSPS) is 14.5. The molecule has 1 aliphatic heterocycles. The Morgan fingerprint density at radius 2 is 2.04 bits per heavy atom. The lowest BCUT2D eigenvalue weighted by Crippen LogP contribution is -2.42. The summed E-state index contributed by atoms with van der Waals surface area (Å²) in [6, 6.07) is 7.80. The molecule has 1 atom stereocenters. The fourth-order valence-corrected chi connectivity index (χ4v) is 2.77. The molecule has 1 saturated heterocycles. The molecule has 0 aliphatic carbocycles. The van der Waals surface area contributed by atoms with E-state index in [9.17, 15) is 19.2 Å². The van der Waals surface area contributed by atoms with Crippen LogP contribution >= 0.6 is 11.8 Å². The predicted molar refractivity (Wildman–Crippen MR) is 92.2 cm³/mol. The van der Waals surface area contributed by atoms with E-state index in [1.807, 2.05) is 0 Å². The molecule has 1 amide bonds. The number of nitrogens with zero attached hydrogens (tertiary/aromatic N) is 1. The van der Waals surface area contributed by atoms with Crippen LogP contribution in [0.3, 0.4) is 0 Å². The zero-order chi connectivity index (χ0) is 18.2. The van der Waals surface area contributed by atoms with E-state index in [-0.39, 0.29) is 24.2 Å². The lowest BCUT2D eigenvalue weighted by molar-refractivity contribution is -0.187. The summed E-state index contributed by atoms with van der Waals surface area (Å²) in [5.41, 5.74) is 0.660. The van der Waals surface area contributed by atoms with E-state index in [1.165, 1.54) is 11.8 Å². The molecule has 1 unspecified atom stereocenters. The van der Waals surface area contributed by atoms with E-state index in [0.29, 0.717) is 16.4 Å². The molecule has 25 heavy (non-hydrogen) atoms. The molecular formula is C17H16N2O5S. The molecule has 1 heterocycles. The standard InChI is InChI=1S/C17H16N2O5S/c1-25-11-15(18-14(10-21)12-5-3-2-4-6-12)17(23)24-19-13(9-20)7-8-16(19)22/h2-6,15,18H,7-8,11H2,1H3. The van der Waals surface area contributed by atoms with Crippen molar-refractivity contribution >= 4 is 41.2 Å². The van der Waals surface area contributed by atoms with E-state index < -0.39 is 17.9 Å². The first-order chi connectivity index (χ1) is 12.1. The Balaban J connectivity index is 2.14. The fourth-order valence-electron chi connectivity index (χ4n) is 2.22. The summed E-state index contributed by atoms with van der Waals surface area (Å²) in [5, 5.41) is 3.47. The number of hydrogen-bond acceptors (Lipinski definition) is 7. The highest BCUT2D eigenvalue weighted by Crippen LogP contribution is 2.21. The summed E-state index contributed by atoms with van der Waals surface area (Å²) in [4.78, 5) is 51.3. The zero-order valence-electron chi connectivity index (χ0n) is 13.5. The third kappa shape index (κ3) is 4.61. The van der Waals surface area contributed by atoms with Crippen molar-refractivity contribution in [3.63, 3.8) is 0 Å². The number of thioether (sulfide) groups is 1. The van der Waals surface area contributed by atoms with Gasteiger partial charge in [-0.1, -0.05) is 30.3 Å². The van der Waals surface area contributed by atoms with Gasteiger partial charge in [0.2, 0.25) is 0 Å². The minimum Gasteiger partial charge on any atom is -0.362 e. The van der Waals surface area contributed by atoms with Crippen molar-refractivity contribution in [2.45, 2.75) is 18.9 Å². The number of carbonyl (C=O) groups is 2. The molecule has 0 spiro atoms. The van der Waals surface area contributed by atoms with E-state index in [0.717, 1.165) is 0 Å². The van der Waals surface area contributed by atoms with E-state index in [4.69, 9.17) is 4.84 Å². The van der Waals surface area contributed by atoms with Crippen LogP contribution in [0.2, 0.25) is 0 Å². The third-order valence-electron chi connectivity index (χ3n) is 3.45. The Bertz CT molecular complexity index is 752. The van der Waals surface area contributed by atoms with Gasteiger partial charge in [0.15, 0.2) is 5.94 Å². The molecule has 2 rings (SSSR count). The van der Waals surface area contributed by atoms with Crippen LogP contribution in [0.5, 0.6) is 0 Å². The average molecular weight is 360 g/mol. The molecule has 0 radical (unpaired) electrons. The number of allylic oxidation sites excluding steroid dienone is 1. The molecule has 1 fully saturated rings. The molecular weight excluding hydrogens is 344 g/mol. The summed E-state index contributed by atoms with van der Waals surface area (Å²) in [7, 11) is 0. The largest absolute Gasteiger partial charge is 0.362 e. The third-order valence-corrected chi connectivity index (χ3v) is 4.11. The molecule has 0 bridgehead atoms. The van der Waals surface area contributed by atoms with Crippen molar-refractivity contribution < 1.29 is 24.0 Å². The summed E-state index contributed by atoms with van der Waals surface area (Å²) in [6.45, 7) is 0. The smallest absolute Gasteiger partial charge is 0.355 e. The summed E-state index contributed by atoms with van der Waals surface area (Å²) in [6.07, 6.45) is 2.05. The Labute approximate surface area is 148 Å². The zero-order valence-corrected chi connectivity index (χ0v) is 14.3. The minimum atomic E-state index is -0.895. The van der Waals surface area contributed by atoms with Crippen molar-refractivity contribution in [1.29, 1.82) is 0 Å². The Morgan fingerprint density at radius 3 is 2.64 bits per heavy atom. The van der Waals surface area contributed by atoms with Crippen molar-refractivity contribution in [2.75, 3.05) is 12.0 Å². The minimum absolute atomic E-state index is 0.0181. The summed E-state index contributed by atoms with van der Waals surface area (Å²) >= 11 is 1.36. The molecule has 0 saturated carbocycles. The molecule has 1 aromatic carbocycles. The SMILES string of the molecule is CSCC(NC(=C=O)c1ccccc1)C(=O)ON1C(=O)CCC1=C=O. The van der Waals surface area contributed by atoms with Gasteiger partial charge < -0.3 is 10.2 Å². The highest BCUT2D eigenvalue weighted by molar-refractivity contribution is 7.98. The van der Waals surface area contributed by atoms with Crippen LogP contribution in [0, 0.1) is 0 Å². The summed E-state index contributed by atoms with van der Waals surface area (Å²) in [5.74, 6) is 2.41. The quantitative estimate of drug-likeness (QED) is 0.725. The molecule has 130 valence electrons. The number of rotatable bonds is 7. The molecule has 7 nitrogen and oxygen atoms in total. The maximum absolute atomic E-state index is 12.4. The molecule has 1 N–H and O–H groups in total. The first kappa shape index (κ1) is 18.5. The van der Waals surface area contributed by atoms with Crippen molar-refractivity contribution in [2.24, 2.45) is 0 Å². The maximum atomic E-state index is 12.4. The van der Waals surface area contributed by atoms with Crippen molar-refractivity contribution in [3.05, 3.63) is 41.6 Å². The van der Waals surface area contributed by atoms with E-state index >= 15 is 0 Å². The Morgan fingerprint density at radius 1 is 1.32 bits per heavy atom. The topological polar surface area (TPSA) is 92.8 Å². The number of amides is 1. The second-order valence-corrected chi connectivity index (χ2v) is 6.05. The average Bonchev–Trinajstić information content (AvgIpc) is 2.99. The predicted octanol–water partition coefficient (Wildman–Crippen LogP) is 0.976. The first-order valence-electron chi connectivity index (χ1n) is 7.45. The highest BCUT2D eigenvalue weighted by Gasteiger charge is 2.33. The van der Waals surface area contributed by atoms with Crippen molar-refractivity contribution in [1.82, 2.24) is 10.4 Å². The van der Waals surface area contributed by atoms with Gasteiger partial charge in [0.25, 0.3) is 5.91 Å².